The van der Waals surface area contributed by atoms with E-state index in [0.29, 0.717) is 5.52 Å². The van der Waals surface area contributed by atoms with Crippen molar-refractivity contribution in [3.63, 3.8) is 0 Å². The van der Waals surface area contributed by atoms with Crippen LogP contribution >= 0.6 is 0 Å². The molecule has 0 atom stereocenters. The van der Waals surface area contributed by atoms with Crippen LogP contribution in [0.2, 0.25) is 0 Å². The minimum absolute atomic E-state index is 0.187. The number of unbranched alkanes of at least 4 members (excludes halogenated alkanes) is 1. The quantitative estimate of drug-likeness (QED) is 0.312. The van der Waals surface area contributed by atoms with Gasteiger partial charge in [-0.1, -0.05) is 33.1 Å². The molecule has 0 bridgehead atoms. The Kier molecular flexibility index (Phi) is 7.65. The largest absolute Gasteiger partial charge is 0.494 e. The molecule has 1 fully saturated rings. The van der Waals surface area contributed by atoms with E-state index in [2.05, 4.69) is 40.9 Å². The van der Waals surface area contributed by atoms with Crippen LogP contribution in [0.1, 0.15) is 51.5 Å². The van der Waals surface area contributed by atoms with Gasteiger partial charge < -0.3 is 9.64 Å². The molecule has 4 aromatic rings. The fourth-order valence-electron chi connectivity index (χ4n) is 5.32. The van der Waals surface area contributed by atoms with Crippen molar-refractivity contribution >= 4 is 16.6 Å². The van der Waals surface area contributed by atoms with Crippen molar-refractivity contribution in [1.29, 1.82) is 0 Å². The van der Waals surface area contributed by atoms with Gasteiger partial charge in [0.25, 0.3) is 0 Å². The van der Waals surface area contributed by atoms with Gasteiger partial charge in [-0.15, -0.1) is 0 Å². The summed E-state index contributed by atoms with van der Waals surface area (Å²) in [6.07, 6.45) is 14.2. The summed E-state index contributed by atoms with van der Waals surface area (Å²) in [6, 6.07) is 4.91. The van der Waals surface area contributed by atoms with Crippen LogP contribution in [-0.2, 0) is 0 Å². The summed E-state index contributed by atoms with van der Waals surface area (Å²) in [5, 5.41) is 5.15. The molecule has 186 valence electrons. The van der Waals surface area contributed by atoms with Gasteiger partial charge in [-0.25, -0.2) is 13.9 Å². The van der Waals surface area contributed by atoms with Gasteiger partial charge in [-0.3, -0.25) is 4.98 Å². The average Bonchev–Trinajstić information content (AvgIpc) is 3.24. The Bertz CT molecular complexity index is 1290. The molecule has 7 heteroatoms. The standard InChI is InChI=1S/C17H13FN4O.C11H23N/c1-10-7-20-17-13(8-21-22(17)9-10)11-3-4-19-15-6-14(18)16(23-2)5-12(11)15;1-4-6-8-11(7-5-2)9-12(3)10-11/h3-9H,1-2H3;4-10H2,1-3H3. The summed E-state index contributed by atoms with van der Waals surface area (Å²) in [5.74, 6) is -0.245. The van der Waals surface area contributed by atoms with Crippen molar-refractivity contribution in [2.75, 3.05) is 27.2 Å². The van der Waals surface area contributed by atoms with Gasteiger partial charge in [-0.2, -0.15) is 5.10 Å². The predicted octanol–water partition coefficient (Wildman–Crippen LogP) is 6.31. The smallest absolute Gasteiger partial charge is 0.167 e. The Morgan fingerprint density at radius 3 is 2.54 bits per heavy atom. The molecule has 1 saturated heterocycles. The predicted molar refractivity (Wildman–Crippen MR) is 139 cm³/mol. The monoisotopic (exact) mass is 477 g/mol. The van der Waals surface area contributed by atoms with E-state index in [0.717, 1.165) is 33.1 Å². The van der Waals surface area contributed by atoms with Crippen LogP contribution in [-0.4, -0.2) is 51.7 Å². The molecule has 0 unspecified atom stereocenters. The van der Waals surface area contributed by atoms with Crippen molar-refractivity contribution in [1.82, 2.24) is 24.5 Å². The zero-order valence-corrected chi connectivity index (χ0v) is 21.5. The summed E-state index contributed by atoms with van der Waals surface area (Å²) >= 11 is 0. The van der Waals surface area contributed by atoms with Gasteiger partial charge in [0.05, 0.1) is 18.8 Å². The number of aromatic nitrogens is 4. The van der Waals surface area contributed by atoms with E-state index in [-0.39, 0.29) is 5.75 Å². The van der Waals surface area contributed by atoms with E-state index in [1.807, 2.05) is 19.2 Å². The SMILES string of the molecule is CCCCC1(CCC)CN(C)C1.COc1cc2c(-c3cnn4cc(C)cnc34)ccnc2cc1F. The van der Waals surface area contributed by atoms with Crippen molar-refractivity contribution < 1.29 is 9.13 Å². The average molecular weight is 478 g/mol. The van der Waals surface area contributed by atoms with Gasteiger partial charge in [0, 0.05) is 48.7 Å². The third-order valence-corrected chi connectivity index (χ3v) is 6.84. The zero-order valence-electron chi connectivity index (χ0n) is 21.5. The number of rotatable bonds is 7. The van der Waals surface area contributed by atoms with Crippen LogP contribution in [0.25, 0.3) is 27.7 Å². The summed E-state index contributed by atoms with van der Waals surface area (Å²) in [6.45, 7) is 9.26. The second kappa shape index (κ2) is 10.7. The van der Waals surface area contributed by atoms with Gasteiger partial charge in [0.15, 0.2) is 17.2 Å². The van der Waals surface area contributed by atoms with E-state index in [4.69, 9.17) is 4.74 Å². The Morgan fingerprint density at radius 2 is 1.86 bits per heavy atom. The summed E-state index contributed by atoms with van der Waals surface area (Å²) in [4.78, 5) is 11.1. The minimum atomic E-state index is -0.432. The number of pyridine rings is 1. The van der Waals surface area contributed by atoms with Gasteiger partial charge >= 0.3 is 0 Å². The summed E-state index contributed by atoms with van der Waals surface area (Å²) in [7, 11) is 3.68. The van der Waals surface area contributed by atoms with E-state index < -0.39 is 5.82 Å². The number of ether oxygens (including phenoxy) is 1. The second-order valence-corrected chi connectivity index (χ2v) is 9.85. The number of fused-ring (bicyclic) bond motifs is 2. The van der Waals surface area contributed by atoms with E-state index in [1.54, 1.807) is 29.2 Å². The fourth-order valence-corrected chi connectivity index (χ4v) is 5.32. The van der Waals surface area contributed by atoms with Crippen LogP contribution in [0, 0.1) is 18.2 Å². The first kappa shape index (κ1) is 25.0. The number of benzene rings is 1. The molecule has 6 nitrogen and oxygen atoms in total. The molecule has 0 aliphatic carbocycles. The lowest BCUT2D eigenvalue weighted by molar-refractivity contribution is 0.00451. The number of nitrogens with zero attached hydrogens (tertiary/aromatic N) is 5. The molecule has 0 saturated carbocycles. The highest BCUT2D eigenvalue weighted by atomic mass is 19.1. The molecule has 1 aromatic carbocycles. The molecule has 0 spiro atoms. The fraction of sp³-hybridized carbons (Fsp3) is 0.464. The molecule has 1 aliphatic rings. The number of methoxy groups -OCH3 is 1. The molecule has 1 aliphatic heterocycles. The van der Waals surface area contributed by atoms with Crippen molar-refractivity contribution in [2.45, 2.75) is 52.9 Å². The number of hydrogen-bond acceptors (Lipinski definition) is 5. The molecular formula is C28H36FN5O. The van der Waals surface area contributed by atoms with Gasteiger partial charge in [0.1, 0.15) is 0 Å². The molecule has 4 heterocycles. The van der Waals surface area contributed by atoms with Gasteiger partial charge in [0.2, 0.25) is 0 Å². The number of aryl methyl sites for hydroxylation is 1. The molecule has 0 N–H and O–H groups in total. The third kappa shape index (κ3) is 5.30. The Morgan fingerprint density at radius 1 is 1.06 bits per heavy atom. The molecule has 5 rings (SSSR count). The third-order valence-electron chi connectivity index (χ3n) is 6.84. The van der Waals surface area contributed by atoms with Crippen molar-refractivity contribution in [3.05, 3.63) is 54.4 Å². The molecular weight excluding hydrogens is 441 g/mol. The van der Waals surface area contributed by atoms with Crippen LogP contribution < -0.4 is 4.74 Å². The minimum Gasteiger partial charge on any atom is -0.494 e. The highest BCUT2D eigenvalue weighted by Crippen LogP contribution is 2.39. The first-order valence-electron chi connectivity index (χ1n) is 12.5. The summed E-state index contributed by atoms with van der Waals surface area (Å²) in [5.41, 5.74) is 4.80. The zero-order chi connectivity index (χ0) is 25.0. The van der Waals surface area contributed by atoms with Crippen molar-refractivity contribution in [2.24, 2.45) is 5.41 Å². The normalized spacial score (nSPS) is 15.0. The van der Waals surface area contributed by atoms with Crippen LogP contribution in [0.15, 0.2) is 43.0 Å². The van der Waals surface area contributed by atoms with Crippen LogP contribution in [0.5, 0.6) is 5.75 Å². The second-order valence-electron chi connectivity index (χ2n) is 9.85. The van der Waals surface area contributed by atoms with Crippen molar-refractivity contribution in [3.8, 4) is 16.9 Å². The van der Waals surface area contributed by atoms with E-state index >= 15 is 0 Å². The maximum atomic E-state index is 13.9. The number of likely N-dealkylation sites (tertiary alicyclic amines) is 1. The first-order valence-corrected chi connectivity index (χ1v) is 12.5. The molecule has 0 radical (unpaired) electrons. The Balaban J connectivity index is 0.000000204. The lowest BCUT2D eigenvalue weighted by Crippen LogP contribution is -2.54. The Hall–Kier alpha value is -3.06. The first-order chi connectivity index (χ1) is 16.9. The topological polar surface area (TPSA) is 55.5 Å². The highest BCUT2D eigenvalue weighted by Gasteiger charge is 2.38. The Labute approximate surface area is 207 Å². The molecule has 0 amide bonds. The molecule has 35 heavy (non-hydrogen) atoms. The lowest BCUT2D eigenvalue weighted by Gasteiger charge is -2.49. The van der Waals surface area contributed by atoms with Crippen LogP contribution in [0.3, 0.4) is 0 Å². The van der Waals surface area contributed by atoms with Gasteiger partial charge in [-0.05, 0) is 55.5 Å². The van der Waals surface area contributed by atoms with Crippen LogP contribution in [0.4, 0.5) is 4.39 Å². The molecule has 3 aromatic heterocycles. The summed E-state index contributed by atoms with van der Waals surface area (Å²) < 4.78 is 20.7. The number of halogens is 1. The van der Waals surface area contributed by atoms with E-state index in [9.17, 15) is 4.39 Å². The highest BCUT2D eigenvalue weighted by molar-refractivity contribution is 5.98. The maximum Gasteiger partial charge on any atom is 0.167 e. The number of hydrogen-bond donors (Lipinski definition) is 0. The maximum absolute atomic E-state index is 13.9. The van der Waals surface area contributed by atoms with E-state index in [1.165, 1.54) is 58.4 Å². The lowest BCUT2D eigenvalue weighted by atomic mass is 9.73.